The first kappa shape index (κ1) is 17.3. The maximum absolute atomic E-state index is 11.3. The maximum Gasteiger partial charge on any atom is 0.302 e. The molecule has 2 N–H and O–H groups in total. The smallest absolute Gasteiger partial charge is 0.302 e. The zero-order valence-corrected chi connectivity index (χ0v) is 12.9. The van der Waals surface area contributed by atoms with Crippen LogP contribution in [0.3, 0.4) is 0 Å². The molecule has 0 amide bonds. The predicted molar refractivity (Wildman–Crippen MR) is 90.3 cm³/mol. The lowest BCUT2D eigenvalue weighted by Gasteiger charge is -2.08. The SMILES string of the molecule is Nc1c2cc([N+](=O)[O-])cc([N+](=O)[O-])c2nc2c([N+](=O)[O-])cc([N+](=O)[O-])cc12. The summed E-state index contributed by atoms with van der Waals surface area (Å²) < 4.78 is 0. The summed E-state index contributed by atoms with van der Waals surface area (Å²) in [4.78, 5) is 44.8. The van der Waals surface area contributed by atoms with E-state index in [0.29, 0.717) is 12.1 Å². The maximum atomic E-state index is 11.3. The van der Waals surface area contributed by atoms with Crippen LogP contribution in [0.1, 0.15) is 0 Å². The number of rotatable bonds is 4. The molecule has 0 fully saturated rings. The number of non-ortho nitro benzene ring substituents is 4. The molecular formula is C13H6N6O8. The van der Waals surface area contributed by atoms with Crippen LogP contribution in [0.4, 0.5) is 28.4 Å². The largest absolute Gasteiger partial charge is 0.398 e. The first-order chi connectivity index (χ1) is 12.6. The second-order valence-electron chi connectivity index (χ2n) is 5.28. The van der Waals surface area contributed by atoms with Gasteiger partial charge in [-0.25, -0.2) is 4.98 Å². The van der Waals surface area contributed by atoms with E-state index in [1.54, 1.807) is 0 Å². The Hall–Kier alpha value is -4.49. The number of benzene rings is 2. The summed E-state index contributed by atoms with van der Waals surface area (Å²) in [5.41, 5.74) is 1.89. The van der Waals surface area contributed by atoms with Crippen molar-refractivity contribution in [2.45, 2.75) is 0 Å². The first-order valence-electron chi connectivity index (χ1n) is 6.90. The highest BCUT2D eigenvalue weighted by Crippen LogP contribution is 2.40. The van der Waals surface area contributed by atoms with Crippen LogP contribution in [0, 0.1) is 40.5 Å². The van der Waals surface area contributed by atoms with Gasteiger partial charge in [0, 0.05) is 22.9 Å². The van der Waals surface area contributed by atoms with Gasteiger partial charge in [-0.1, -0.05) is 0 Å². The van der Waals surface area contributed by atoms with Crippen molar-refractivity contribution in [1.29, 1.82) is 0 Å². The summed E-state index contributed by atoms with van der Waals surface area (Å²) in [5.74, 6) is 0. The summed E-state index contributed by atoms with van der Waals surface area (Å²) in [7, 11) is 0. The molecule has 0 spiro atoms. The molecule has 0 bridgehead atoms. The van der Waals surface area contributed by atoms with Crippen LogP contribution in [-0.2, 0) is 0 Å². The summed E-state index contributed by atoms with van der Waals surface area (Å²) in [6.07, 6.45) is 0. The molecule has 0 saturated carbocycles. The van der Waals surface area contributed by atoms with Gasteiger partial charge in [0.15, 0.2) is 11.0 Å². The minimum absolute atomic E-state index is 0.224. The standard InChI is InChI=1S/C13H6N6O8/c14-11-7-1-5(16(20)21)3-9(18(24)25)12(7)15-13-8(11)2-6(17(22)23)4-10(13)19(26)27/h1-4H,(H2,14,15). The average Bonchev–Trinajstić information content (AvgIpc) is 2.59. The summed E-state index contributed by atoms with van der Waals surface area (Å²) in [5, 5.41) is 44.2. The molecule has 3 aromatic rings. The number of pyridine rings is 1. The Kier molecular flexibility index (Phi) is 3.72. The van der Waals surface area contributed by atoms with Gasteiger partial charge in [-0.3, -0.25) is 40.5 Å². The monoisotopic (exact) mass is 374 g/mol. The minimum atomic E-state index is -0.940. The molecule has 0 atom stereocenters. The number of fused-ring (bicyclic) bond motifs is 2. The van der Waals surface area contributed by atoms with E-state index in [9.17, 15) is 40.5 Å². The van der Waals surface area contributed by atoms with Crippen LogP contribution in [-0.4, -0.2) is 24.7 Å². The van der Waals surface area contributed by atoms with Gasteiger partial charge in [0.2, 0.25) is 0 Å². The van der Waals surface area contributed by atoms with Crippen LogP contribution in [0.2, 0.25) is 0 Å². The van der Waals surface area contributed by atoms with Crippen LogP contribution >= 0.6 is 0 Å². The zero-order chi connectivity index (χ0) is 20.0. The molecule has 0 aliphatic carbocycles. The molecule has 0 aliphatic rings. The van der Waals surface area contributed by atoms with Crippen LogP contribution < -0.4 is 5.73 Å². The molecule has 1 aromatic heterocycles. The van der Waals surface area contributed by atoms with E-state index in [4.69, 9.17) is 5.73 Å². The number of hydrogen-bond donors (Lipinski definition) is 1. The number of anilines is 1. The van der Waals surface area contributed by atoms with Crippen LogP contribution in [0.5, 0.6) is 0 Å². The second kappa shape index (κ2) is 5.80. The fraction of sp³-hybridized carbons (Fsp3) is 0. The number of nitrogens with two attached hydrogens (primary N) is 1. The molecular weight excluding hydrogens is 368 g/mol. The second-order valence-corrected chi connectivity index (χ2v) is 5.28. The van der Waals surface area contributed by atoms with Gasteiger partial charge < -0.3 is 5.73 Å². The number of nitro benzene ring substituents is 4. The van der Waals surface area contributed by atoms with Gasteiger partial charge >= 0.3 is 11.4 Å². The predicted octanol–water partition coefficient (Wildman–Crippen LogP) is 2.60. The summed E-state index contributed by atoms with van der Waals surface area (Å²) in [6.45, 7) is 0. The van der Waals surface area contributed by atoms with Crippen LogP contribution in [0.15, 0.2) is 24.3 Å². The van der Waals surface area contributed by atoms with Crippen molar-refractivity contribution in [3.63, 3.8) is 0 Å². The lowest BCUT2D eigenvalue weighted by atomic mass is 10.0. The molecule has 0 saturated heterocycles. The third-order valence-corrected chi connectivity index (χ3v) is 3.77. The molecule has 0 unspecified atom stereocenters. The number of aromatic nitrogens is 1. The third-order valence-electron chi connectivity index (χ3n) is 3.77. The fourth-order valence-electron chi connectivity index (χ4n) is 2.60. The topological polar surface area (TPSA) is 211 Å². The van der Waals surface area contributed by atoms with E-state index in [1.807, 2.05) is 0 Å². The van der Waals surface area contributed by atoms with Gasteiger partial charge in [0.25, 0.3) is 11.4 Å². The Balaban J connectivity index is 2.60. The third kappa shape index (κ3) is 2.66. The quantitative estimate of drug-likeness (QED) is 0.400. The van der Waals surface area contributed by atoms with E-state index in [1.165, 1.54) is 0 Å². The van der Waals surface area contributed by atoms with Crippen molar-refractivity contribution in [3.05, 3.63) is 64.7 Å². The molecule has 14 heteroatoms. The van der Waals surface area contributed by atoms with E-state index in [0.717, 1.165) is 12.1 Å². The Bertz CT molecular complexity index is 1120. The molecule has 0 radical (unpaired) electrons. The molecule has 1 heterocycles. The molecule has 3 rings (SSSR count). The lowest BCUT2D eigenvalue weighted by molar-refractivity contribution is -0.393. The van der Waals surface area contributed by atoms with Crippen molar-refractivity contribution < 1.29 is 19.7 Å². The highest BCUT2D eigenvalue weighted by molar-refractivity contribution is 6.12. The fourth-order valence-corrected chi connectivity index (χ4v) is 2.60. The van der Waals surface area contributed by atoms with Gasteiger partial charge in [-0.2, -0.15) is 0 Å². The van der Waals surface area contributed by atoms with Crippen molar-refractivity contribution >= 4 is 50.2 Å². The summed E-state index contributed by atoms with van der Waals surface area (Å²) in [6, 6.07) is 3.12. The van der Waals surface area contributed by atoms with E-state index in [2.05, 4.69) is 4.98 Å². The van der Waals surface area contributed by atoms with Gasteiger partial charge in [0.1, 0.15) is 0 Å². The van der Waals surface area contributed by atoms with Crippen molar-refractivity contribution in [2.24, 2.45) is 0 Å². The van der Waals surface area contributed by atoms with E-state index >= 15 is 0 Å². The van der Waals surface area contributed by atoms with E-state index < -0.39 is 53.5 Å². The van der Waals surface area contributed by atoms with Gasteiger partial charge in [-0.15, -0.1) is 0 Å². The van der Waals surface area contributed by atoms with Gasteiger partial charge in [0.05, 0.1) is 37.5 Å². The number of nitrogen functional groups attached to an aromatic ring is 1. The summed E-state index contributed by atoms with van der Waals surface area (Å²) >= 11 is 0. The minimum Gasteiger partial charge on any atom is -0.398 e. The normalized spacial score (nSPS) is 10.8. The first-order valence-corrected chi connectivity index (χ1v) is 6.90. The Labute approximate surface area is 146 Å². The Morgan fingerprint density at radius 2 is 1.04 bits per heavy atom. The van der Waals surface area contributed by atoms with Crippen molar-refractivity contribution in [2.75, 3.05) is 5.73 Å². The zero-order valence-electron chi connectivity index (χ0n) is 12.9. The highest BCUT2D eigenvalue weighted by atomic mass is 16.6. The Morgan fingerprint density at radius 3 is 1.33 bits per heavy atom. The number of hydrogen-bond acceptors (Lipinski definition) is 10. The molecule has 0 aliphatic heterocycles. The van der Waals surface area contributed by atoms with Crippen LogP contribution in [0.25, 0.3) is 21.8 Å². The Morgan fingerprint density at radius 1 is 0.667 bits per heavy atom. The number of nitro groups is 4. The van der Waals surface area contributed by atoms with Crippen molar-refractivity contribution in [1.82, 2.24) is 4.98 Å². The molecule has 2 aromatic carbocycles. The highest BCUT2D eigenvalue weighted by Gasteiger charge is 2.27. The average molecular weight is 374 g/mol. The van der Waals surface area contributed by atoms with E-state index in [-0.39, 0.29) is 16.5 Å². The van der Waals surface area contributed by atoms with Crippen molar-refractivity contribution in [3.8, 4) is 0 Å². The lowest BCUT2D eigenvalue weighted by Crippen LogP contribution is -2.02. The van der Waals surface area contributed by atoms with Gasteiger partial charge in [-0.05, 0) is 0 Å². The molecule has 136 valence electrons. The molecule has 27 heavy (non-hydrogen) atoms. The number of nitrogens with zero attached hydrogens (tertiary/aromatic N) is 5. The molecule has 14 nitrogen and oxygen atoms in total.